The fraction of sp³-hybridized carbons (Fsp3) is 0.333. The highest BCUT2D eigenvalue weighted by Crippen LogP contribution is 2.34. The van der Waals surface area contributed by atoms with E-state index in [-0.39, 0.29) is 10.6 Å². The van der Waals surface area contributed by atoms with Gasteiger partial charge in [0.25, 0.3) is 0 Å². The molecule has 0 aliphatic heterocycles. The van der Waals surface area contributed by atoms with Crippen molar-refractivity contribution in [2.24, 2.45) is 5.14 Å². The van der Waals surface area contributed by atoms with Crippen molar-refractivity contribution in [2.45, 2.75) is 18.7 Å². The molecule has 15 heavy (non-hydrogen) atoms. The second kappa shape index (κ2) is 4.11. The first kappa shape index (κ1) is 12.5. The molecule has 1 aromatic carbocycles. The van der Waals surface area contributed by atoms with Gasteiger partial charge in [-0.3, -0.25) is 0 Å². The highest BCUT2D eigenvalue weighted by Gasteiger charge is 2.21. The monoisotopic (exact) mass is 293 g/mol. The Kier molecular flexibility index (Phi) is 3.42. The van der Waals surface area contributed by atoms with E-state index in [9.17, 15) is 8.42 Å². The average molecular weight is 294 g/mol. The number of rotatable bonds is 2. The predicted molar refractivity (Wildman–Crippen MR) is 61.5 cm³/mol. The van der Waals surface area contributed by atoms with Crippen molar-refractivity contribution in [2.75, 3.05) is 7.11 Å². The van der Waals surface area contributed by atoms with E-state index in [0.29, 0.717) is 5.56 Å². The van der Waals surface area contributed by atoms with Gasteiger partial charge in [-0.05, 0) is 31.0 Å². The molecule has 0 saturated carbocycles. The van der Waals surface area contributed by atoms with Crippen LogP contribution in [-0.4, -0.2) is 15.5 Å². The number of methoxy groups -OCH3 is 1. The first-order valence-electron chi connectivity index (χ1n) is 4.15. The van der Waals surface area contributed by atoms with Crippen molar-refractivity contribution in [1.82, 2.24) is 0 Å². The summed E-state index contributed by atoms with van der Waals surface area (Å²) in [7, 11) is -2.36. The average Bonchev–Trinajstić information content (AvgIpc) is 2.11. The third kappa shape index (κ3) is 2.32. The van der Waals surface area contributed by atoms with E-state index in [2.05, 4.69) is 15.9 Å². The molecule has 1 aromatic rings. The van der Waals surface area contributed by atoms with Crippen LogP contribution < -0.4 is 9.88 Å². The van der Waals surface area contributed by atoms with Crippen LogP contribution in [0.15, 0.2) is 15.4 Å². The lowest BCUT2D eigenvalue weighted by atomic mass is 10.1. The Morgan fingerprint density at radius 1 is 1.40 bits per heavy atom. The first-order valence-corrected chi connectivity index (χ1v) is 6.49. The summed E-state index contributed by atoms with van der Waals surface area (Å²) in [6.45, 7) is 3.53. The van der Waals surface area contributed by atoms with E-state index in [1.807, 2.05) is 6.92 Å². The molecular weight excluding hydrogens is 282 g/mol. The van der Waals surface area contributed by atoms with Gasteiger partial charge in [0.05, 0.1) is 7.11 Å². The van der Waals surface area contributed by atoms with Gasteiger partial charge in [-0.25, -0.2) is 13.6 Å². The Morgan fingerprint density at radius 2 is 1.93 bits per heavy atom. The zero-order chi connectivity index (χ0) is 11.8. The van der Waals surface area contributed by atoms with Crippen molar-refractivity contribution >= 4 is 26.0 Å². The number of ether oxygens (including phenoxy) is 1. The van der Waals surface area contributed by atoms with Gasteiger partial charge in [0.15, 0.2) is 0 Å². The summed E-state index contributed by atoms with van der Waals surface area (Å²) in [5, 5.41) is 5.12. The topological polar surface area (TPSA) is 69.4 Å². The van der Waals surface area contributed by atoms with Crippen LogP contribution in [-0.2, 0) is 10.0 Å². The summed E-state index contributed by atoms with van der Waals surface area (Å²) < 4.78 is 28.5. The molecule has 84 valence electrons. The molecule has 0 spiro atoms. The zero-order valence-corrected chi connectivity index (χ0v) is 11.1. The first-order chi connectivity index (χ1) is 6.79. The Labute approximate surface area is 97.6 Å². The number of nitrogens with two attached hydrogens (primary N) is 1. The standard InChI is InChI=1S/C9H12BrNO3S/c1-5-4-7(14-3)9(15(11,12)13)6(2)8(5)10/h4H,1-3H3,(H2,11,12,13). The Morgan fingerprint density at radius 3 is 2.33 bits per heavy atom. The molecule has 1 rings (SSSR count). The quantitative estimate of drug-likeness (QED) is 0.903. The Bertz CT molecular complexity index is 497. The van der Waals surface area contributed by atoms with Gasteiger partial charge in [-0.15, -0.1) is 0 Å². The number of hydrogen-bond acceptors (Lipinski definition) is 3. The predicted octanol–water partition coefficient (Wildman–Crippen LogP) is 1.72. The zero-order valence-electron chi connectivity index (χ0n) is 8.67. The SMILES string of the molecule is COc1cc(C)c(Br)c(C)c1S(N)(=O)=O. The lowest BCUT2D eigenvalue weighted by Gasteiger charge is -2.13. The molecule has 2 N–H and O–H groups in total. The molecule has 0 amide bonds. The van der Waals surface area contributed by atoms with E-state index >= 15 is 0 Å². The smallest absolute Gasteiger partial charge is 0.242 e. The summed E-state index contributed by atoms with van der Waals surface area (Å²) in [6, 6.07) is 1.64. The minimum Gasteiger partial charge on any atom is -0.495 e. The Hall–Kier alpha value is -0.590. The molecule has 6 heteroatoms. The molecule has 0 aliphatic rings. The molecule has 4 nitrogen and oxygen atoms in total. The van der Waals surface area contributed by atoms with Gasteiger partial charge in [0.1, 0.15) is 10.6 Å². The van der Waals surface area contributed by atoms with Crippen LogP contribution >= 0.6 is 15.9 Å². The van der Waals surface area contributed by atoms with Crippen LogP contribution in [0.4, 0.5) is 0 Å². The van der Waals surface area contributed by atoms with E-state index < -0.39 is 10.0 Å². The highest BCUT2D eigenvalue weighted by molar-refractivity contribution is 9.10. The molecule has 0 heterocycles. The fourth-order valence-electron chi connectivity index (χ4n) is 1.41. The fourth-order valence-corrected chi connectivity index (χ4v) is 2.81. The number of sulfonamides is 1. The van der Waals surface area contributed by atoms with Crippen molar-refractivity contribution < 1.29 is 13.2 Å². The number of aryl methyl sites for hydroxylation is 1. The van der Waals surface area contributed by atoms with E-state index in [1.165, 1.54) is 7.11 Å². The minimum atomic E-state index is -3.77. The molecule has 0 aliphatic carbocycles. The normalized spacial score (nSPS) is 11.5. The third-order valence-electron chi connectivity index (χ3n) is 2.09. The number of benzene rings is 1. The molecule has 0 unspecified atom stereocenters. The van der Waals surface area contributed by atoms with Crippen LogP contribution in [0, 0.1) is 13.8 Å². The lowest BCUT2D eigenvalue weighted by Crippen LogP contribution is -2.15. The second-order valence-electron chi connectivity index (χ2n) is 3.21. The van der Waals surface area contributed by atoms with Crippen molar-refractivity contribution in [3.63, 3.8) is 0 Å². The van der Waals surface area contributed by atoms with Gasteiger partial charge < -0.3 is 4.74 Å². The Balaban J connectivity index is 3.70. The van der Waals surface area contributed by atoms with Gasteiger partial charge >= 0.3 is 0 Å². The number of hydrogen-bond donors (Lipinski definition) is 1. The minimum absolute atomic E-state index is 0.0301. The molecule has 0 aromatic heterocycles. The maximum absolute atomic E-state index is 11.4. The molecule has 0 atom stereocenters. The number of halogens is 1. The number of primary sulfonamides is 1. The van der Waals surface area contributed by atoms with Gasteiger partial charge in [-0.2, -0.15) is 0 Å². The van der Waals surface area contributed by atoms with E-state index in [0.717, 1.165) is 10.0 Å². The van der Waals surface area contributed by atoms with Crippen LogP contribution in [0.1, 0.15) is 11.1 Å². The van der Waals surface area contributed by atoms with Crippen molar-refractivity contribution in [3.8, 4) is 5.75 Å². The molecule has 0 radical (unpaired) electrons. The summed E-state index contributed by atoms with van der Waals surface area (Å²) in [6.07, 6.45) is 0. The maximum Gasteiger partial charge on any atom is 0.242 e. The largest absolute Gasteiger partial charge is 0.495 e. The third-order valence-corrected chi connectivity index (χ3v) is 4.39. The second-order valence-corrected chi connectivity index (χ2v) is 5.50. The van der Waals surface area contributed by atoms with E-state index in [4.69, 9.17) is 9.88 Å². The maximum atomic E-state index is 11.4. The lowest BCUT2D eigenvalue weighted by molar-refractivity contribution is 0.401. The van der Waals surface area contributed by atoms with Crippen LogP contribution in [0.3, 0.4) is 0 Å². The molecule has 0 saturated heterocycles. The van der Waals surface area contributed by atoms with Crippen LogP contribution in [0.2, 0.25) is 0 Å². The molecule has 0 fully saturated rings. The summed E-state index contributed by atoms with van der Waals surface area (Å²) >= 11 is 3.31. The van der Waals surface area contributed by atoms with Crippen molar-refractivity contribution in [3.05, 3.63) is 21.7 Å². The summed E-state index contributed by atoms with van der Waals surface area (Å²) in [5.41, 5.74) is 1.46. The highest BCUT2D eigenvalue weighted by atomic mass is 79.9. The van der Waals surface area contributed by atoms with Gasteiger partial charge in [-0.1, -0.05) is 15.9 Å². The van der Waals surface area contributed by atoms with Crippen LogP contribution in [0.25, 0.3) is 0 Å². The van der Waals surface area contributed by atoms with E-state index in [1.54, 1.807) is 13.0 Å². The summed E-state index contributed by atoms with van der Waals surface area (Å²) in [4.78, 5) is 0.0301. The van der Waals surface area contributed by atoms with Crippen LogP contribution in [0.5, 0.6) is 5.75 Å². The van der Waals surface area contributed by atoms with Gasteiger partial charge in [0, 0.05) is 4.47 Å². The van der Waals surface area contributed by atoms with Crippen molar-refractivity contribution in [1.29, 1.82) is 0 Å². The van der Waals surface area contributed by atoms with Gasteiger partial charge in [0.2, 0.25) is 10.0 Å². The molecule has 0 bridgehead atoms. The molecular formula is C9H12BrNO3S. The summed E-state index contributed by atoms with van der Waals surface area (Å²) in [5.74, 6) is 0.274.